The molecular weight excluding hydrogens is 316 g/mol. The van der Waals surface area contributed by atoms with Crippen molar-refractivity contribution in [2.45, 2.75) is 0 Å². The molecule has 3 aromatic rings. The average molecular weight is 330 g/mol. The van der Waals surface area contributed by atoms with Crippen LogP contribution in [0.3, 0.4) is 0 Å². The maximum Gasteiger partial charge on any atom is 0.262 e. The monoisotopic (exact) mass is 330 g/mol. The fourth-order valence-corrected chi connectivity index (χ4v) is 2.10. The summed E-state index contributed by atoms with van der Waals surface area (Å²) in [5.74, 6) is 0.790. The Morgan fingerprint density at radius 1 is 1.04 bits per heavy atom. The second-order valence-electron chi connectivity index (χ2n) is 5.13. The van der Waals surface area contributed by atoms with E-state index in [1.165, 1.54) is 0 Å². The zero-order valence-corrected chi connectivity index (χ0v) is 13.2. The first-order valence-electron chi connectivity index (χ1n) is 7.55. The van der Waals surface area contributed by atoms with Crippen LogP contribution in [0.1, 0.15) is 5.56 Å². The summed E-state index contributed by atoms with van der Waals surface area (Å²) in [7, 11) is 0. The molecule has 0 saturated heterocycles. The molecule has 6 nitrogen and oxygen atoms in total. The van der Waals surface area contributed by atoms with Crippen molar-refractivity contribution in [2.75, 3.05) is 11.9 Å². The Kier molecular flexibility index (Phi) is 4.98. The van der Waals surface area contributed by atoms with Crippen LogP contribution in [0.25, 0.3) is 11.4 Å². The number of aromatic nitrogens is 2. The van der Waals surface area contributed by atoms with Gasteiger partial charge in [0.05, 0.1) is 29.7 Å². The van der Waals surface area contributed by atoms with Crippen LogP contribution in [0.4, 0.5) is 5.69 Å². The van der Waals surface area contributed by atoms with E-state index in [9.17, 15) is 4.79 Å². The number of rotatable bonds is 5. The number of amides is 1. The van der Waals surface area contributed by atoms with Crippen LogP contribution >= 0.6 is 0 Å². The minimum atomic E-state index is -0.319. The summed E-state index contributed by atoms with van der Waals surface area (Å²) in [6.07, 6.45) is 3.10. The summed E-state index contributed by atoms with van der Waals surface area (Å²) in [5, 5.41) is 11.4. The molecule has 0 aliphatic rings. The molecule has 0 bridgehead atoms. The number of carbonyl (C=O) groups is 1. The van der Waals surface area contributed by atoms with Crippen LogP contribution in [-0.4, -0.2) is 22.5 Å². The van der Waals surface area contributed by atoms with Gasteiger partial charge < -0.3 is 10.1 Å². The summed E-state index contributed by atoms with van der Waals surface area (Å²) in [6.45, 7) is -0.146. The number of hydrogen-bond acceptors (Lipinski definition) is 5. The Hall–Kier alpha value is -3.72. The van der Waals surface area contributed by atoms with E-state index in [4.69, 9.17) is 10.00 Å². The van der Waals surface area contributed by atoms with E-state index >= 15 is 0 Å². The van der Waals surface area contributed by atoms with Gasteiger partial charge in [-0.1, -0.05) is 30.3 Å². The molecule has 3 rings (SSSR count). The topological polar surface area (TPSA) is 87.9 Å². The van der Waals surface area contributed by atoms with E-state index in [2.05, 4.69) is 15.3 Å². The van der Waals surface area contributed by atoms with Crippen molar-refractivity contribution in [1.29, 1.82) is 5.26 Å². The van der Waals surface area contributed by atoms with Crippen LogP contribution in [0.15, 0.2) is 67.0 Å². The first kappa shape index (κ1) is 16.1. The van der Waals surface area contributed by atoms with E-state index in [0.717, 1.165) is 5.56 Å². The van der Waals surface area contributed by atoms with Crippen LogP contribution in [-0.2, 0) is 4.79 Å². The van der Waals surface area contributed by atoms with Gasteiger partial charge in [0.15, 0.2) is 12.4 Å². The predicted molar refractivity (Wildman–Crippen MR) is 92.7 cm³/mol. The van der Waals surface area contributed by atoms with Gasteiger partial charge in [0.2, 0.25) is 0 Å². The van der Waals surface area contributed by atoms with Crippen molar-refractivity contribution in [1.82, 2.24) is 9.97 Å². The quantitative estimate of drug-likeness (QED) is 0.777. The molecule has 6 heteroatoms. The van der Waals surface area contributed by atoms with Gasteiger partial charge in [-0.25, -0.2) is 9.97 Å². The number of hydrogen-bond donors (Lipinski definition) is 1. The molecule has 25 heavy (non-hydrogen) atoms. The van der Waals surface area contributed by atoms with Crippen molar-refractivity contribution >= 4 is 11.6 Å². The molecule has 1 aromatic heterocycles. The predicted octanol–water partition coefficient (Wildman–Crippen LogP) is 3.03. The van der Waals surface area contributed by atoms with Gasteiger partial charge in [-0.05, 0) is 24.3 Å². The molecule has 0 atom stereocenters. The van der Waals surface area contributed by atoms with Crippen molar-refractivity contribution in [3.8, 4) is 23.2 Å². The maximum absolute atomic E-state index is 11.9. The molecule has 0 saturated carbocycles. The number of carbonyl (C=O) groups excluding carboxylic acids is 1. The van der Waals surface area contributed by atoms with E-state index in [0.29, 0.717) is 22.8 Å². The van der Waals surface area contributed by atoms with Gasteiger partial charge in [0.25, 0.3) is 5.91 Å². The van der Waals surface area contributed by atoms with Gasteiger partial charge in [-0.3, -0.25) is 4.79 Å². The summed E-state index contributed by atoms with van der Waals surface area (Å²) in [5.41, 5.74) is 1.94. The molecule has 0 radical (unpaired) electrons. The molecule has 122 valence electrons. The van der Waals surface area contributed by atoms with Crippen LogP contribution in [0, 0.1) is 11.3 Å². The average Bonchev–Trinajstić information content (AvgIpc) is 2.68. The standard InChI is InChI=1S/C19H14N4O2/c20-10-14-6-8-17(9-7-14)25-13-18(24)23-16-11-21-19(22-12-16)15-4-2-1-3-5-15/h1-9,11-12H,13H2,(H,23,24). The van der Waals surface area contributed by atoms with Crippen LogP contribution < -0.4 is 10.1 Å². The van der Waals surface area contributed by atoms with E-state index in [1.807, 2.05) is 36.4 Å². The van der Waals surface area contributed by atoms with Gasteiger partial charge in [0, 0.05) is 5.56 Å². The summed E-state index contributed by atoms with van der Waals surface area (Å²) < 4.78 is 5.37. The van der Waals surface area contributed by atoms with Crippen LogP contribution in [0.2, 0.25) is 0 Å². The SMILES string of the molecule is N#Cc1ccc(OCC(=O)Nc2cnc(-c3ccccc3)nc2)cc1. The lowest BCUT2D eigenvalue weighted by Gasteiger charge is -2.07. The van der Waals surface area contributed by atoms with Crippen molar-refractivity contribution in [3.63, 3.8) is 0 Å². The normalized spacial score (nSPS) is 9.88. The molecule has 0 aliphatic carbocycles. The number of nitrogens with zero attached hydrogens (tertiary/aromatic N) is 3. The van der Waals surface area contributed by atoms with Gasteiger partial charge in [0.1, 0.15) is 5.75 Å². The molecular formula is C19H14N4O2. The number of ether oxygens (including phenoxy) is 1. The van der Waals surface area contributed by atoms with Crippen molar-refractivity contribution < 1.29 is 9.53 Å². The first-order chi connectivity index (χ1) is 12.2. The third kappa shape index (κ3) is 4.39. The third-order valence-corrected chi connectivity index (χ3v) is 3.32. The minimum absolute atomic E-state index is 0.146. The summed E-state index contributed by atoms with van der Waals surface area (Å²) >= 11 is 0. The molecule has 1 heterocycles. The van der Waals surface area contributed by atoms with E-state index in [1.54, 1.807) is 36.7 Å². The van der Waals surface area contributed by atoms with Crippen molar-refractivity contribution in [3.05, 3.63) is 72.6 Å². The molecule has 0 spiro atoms. The van der Waals surface area contributed by atoms with Crippen molar-refractivity contribution in [2.24, 2.45) is 0 Å². The second-order valence-corrected chi connectivity index (χ2v) is 5.13. The fourth-order valence-electron chi connectivity index (χ4n) is 2.10. The Labute approximate surface area is 144 Å². The van der Waals surface area contributed by atoms with E-state index < -0.39 is 0 Å². The first-order valence-corrected chi connectivity index (χ1v) is 7.55. The number of nitriles is 1. The zero-order chi connectivity index (χ0) is 17.5. The highest BCUT2D eigenvalue weighted by atomic mass is 16.5. The maximum atomic E-state index is 11.9. The Morgan fingerprint density at radius 2 is 1.72 bits per heavy atom. The molecule has 0 unspecified atom stereocenters. The third-order valence-electron chi connectivity index (χ3n) is 3.32. The molecule has 2 aromatic carbocycles. The highest BCUT2D eigenvalue weighted by Gasteiger charge is 2.06. The lowest BCUT2D eigenvalue weighted by Crippen LogP contribution is -2.20. The number of nitrogens with one attached hydrogen (secondary N) is 1. The lowest BCUT2D eigenvalue weighted by molar-refractivity contribution is -0.118. The van der Waals surface area contributed by atoms with Gasteiger partial charge in [-0.2, -0.15) is 5.26 Å². The fraction of sp³-hybridized carbons (Fsp3) is 0.0526. The smallest absolute Gasteiger partial charge is 0.262 e. The lowest BCUT2D eigenvalue weighted by atomic mass is 10.2. The molecule has 1 amide bonds. The summed E-state index contributed by atoms with van der Waals surface area (Å²) in [4.78, 5) is 20.4. The number of anilines is 1. The number of benzene rings is 2. The molecule has 0 fully saturated rings. The second kappa shape index (κ2) is 7.70. The van der Waals surface area contributed by atoms with Gasteiger partial charge in [-0.15, -0.1) is 0 Å². The summed E-state index contributed by atoms with van der Waals surface area (Å²) in [6, 6.07) is 18.1. The Morgan fingerprint density at radius 3 is 2.36 bits per heavy atom. The highest BCUT2D eigenvalue weighted by molar-refractivity contribution is 5.91. The zero-order valence-electron chi connectivity index (χ0n) is 13.2. The van der Waals surface area contributed by atoms with Gasteiger partial charge >= 0.3 is 0 Å². The van der Waals surface area contributed by atoms with E-state index in [-0.39, 0.29) is 12.5 Å². The van der Waals surface area contributed by atoms with Crippen LogP contribution in [0.5, 0.6) is 5.75 Å². The molecule has 1 N–H and O–H groups in total. The molecule has 0 aliphatic heterocycles. The minimum Gasteiger partial charge on any atom is -0.484 e. The highest BCUT2D eigenvalue weighted by Crippen LogP contribution is 2.15. The largest absolute Gasteiger partial charge is 0.484 e. The Balaban J connectivity index is 1.55. The Bertz CT molecular complexity index is 885.